The Labute approximate surface area is 209 Å². The summed E-state index contributed by atoms with van der Waals surface area (Å²) in [5.41, 5.74) is 3.00. The van der Waals surface area contributed by atoms with Gasteiger partial charge in [-0.1, -0.05) is 60.7 Å². The van der Waals surface area contributed by atoms with Gasteiger partial charge >= 0.3 is 5.97 Å². The van der Waals surface area contributed by atoms with Crippen molar-refractivity contribution >= 4 is 16.7 Å². The fraction of sp³-hybridized carbons (Fsp3) is 0.233. The van der Waals surface area contributed by atoms with Gasteiger partial charge in [-0.15, -0.1) is 0 Å². The van der Waals surface area contributed by atoms with E-state index in [-0.39, 0.29) is 29.4 Å². The van der Waals surface area contributed by atoms with Gasteiger partial charge in [-0.2, -0.15) is 0 Å². The summed E-state index contributed by atoms with van der Waals surface area (Å²) in [6.45, 7) is 2.63. The average Bonchev–Trinajstić information content (AvgIpc) is 2.91. The summed E-state index contributed by atoms with van der Waals surface area (Å²) in [6.07, 6.45) is 0.498. The van der Waals surface area contributed by atoms with Gasteiger partial charge in [-0.25, -0.2) is 9.18 Å². The van der Waals surface area contributed by atoms with Crippen LogP contribution in [0.15, 0.2) is 78.9 Å². The molecule has 0 radical (unpaired) electrons. The second-order valence-electron chi connectivity index (χ2n) is 9.11. The number of carboxylic acid groups (broad SMARTS) is 1. The molecular weight excluding hydrogens is 457 g/mol. The quantitative estimate of drug-likeness (QED) is 0.321. The van der Waals surface area contributed by atoms with E-state index in [1.54, 1.807) is 18.2 Å². The van der Waals surface area contributed by atoms with E-state index in [0.717, 1.165) is 27.8 Å². The van der Waals surface area contributed by atoms with Crippen LogP contribution >= 0.6 is 0 Å². The number of carboxylic acids is 1. The maximum absolute atomic E-state index is 14.3. The highest BCUT2D eigenvalue weighted by Crippen LogP contribution is 2.44. The number of hydrogen-bond acceptors (Lipinski definition) is 4. The molecule has 2 N–H and O–H groups in total. The first kappa shape index (κ1) is 23.8. The molecule has 4 aromatic carbocycles. The van der Waals surface area contributed by atoms with Crippen LogP contribution < -0.4 is 14.8 Å². The monoisotopic (exact) mass is 485 g/mol. The third-order valence-corrected chi connectivity index (χ3v) is 6.96. The Morgan fingerprint density at radius 1 is 1.03 bits per heavy atom. The lowest BCUT2D eigenvalue weighted by Gasteiger charge is -2.34. The van der Waals surface area contributed by atoms with Crippen molar-refractivity contribution in [1.29, 1.82) is 0 Å². The van der Waals surface area contributed by atoms with Gasteiger partial charge in [0.1, 0.15) is 29.0 Å². The molecule has 3 unspecified atom stereocenters. The number of carbonyl (C=O) groups is 1. The summed E-state index contributed by atoms with van der Waals surface area (Å²) in [4.78, 5) is 11.8. The Morgan fingerprint density at radius 3 is 2.53 bits per heavy atom. The van der Waals surface area contributed by atoms with Gasteiger partial charge in [0.25, 0.3) is 0 Å². The van der Waals surface area contributed by atoms with Crippen LogP contribution in [0.25, 0.3) is 10.8 Å². The minimum Gasteiger partial charge on any atom is -0.496 e. The van der Waals surface area contributed by atoms with Crippen molar-refractivity contribution in [2.45, 2.75) is 31.4 Å². The number of methoxy groups -OCH3 is 1. The zero-order valence-electron chi connectivity index (χ0n) is 20.2. The van der Waals surface area contributed by atoms with Crippen LogP contribution in [-0.4, -0.2) is 30.8 Å². The maximum Gasteiger partial charge on any atom is 0.339 e. The van der Waals surface area contributed by atoms with Crippen molar-refractivity contribution in [3.8, 4) is 11.5 Å². The first-order valence-electron chi connectivity index (χ1n) is 12.0. The first-order chi connectivity index (χ1) is 17.5. The second-order valence-corrected chi connectivity index (χ2v) is 9.11. The Kier molecular flexibility index (Phi) is 6.61. The van der Waals surface area contributed by atoms with E-state index in [1.807, 2.05) is 54.6 Å². The van der Waals surface area contributed by atoms with Crippen molar-refractivity contribution in [3.05, 3.63) is 107 Å². The molecule has 0 aromatic heterocycles. The zero-order valence-corrected chi connectivity index (χ0v) is 20.2. The second kappa shape index (κ2) is 9.99. The Hall–Kier alpha value is -3.90. The molecule has 6 heteroatoms. The Balaban J connectivity index is 1.42. The van der Waals surface area contributed by atoms with Crippen LogP contribution in [0, 0.1) is 5.82 Å². The third kappa shape index (κ3) is 4.40. The maximum atomic E-state index is 14.3. The topological polar surface area (TPSA) is 67.8 Å². The lowest BCUT2D eigenvalue weighted by Crippen LogP contribution is -2.37. The number of rotatable bonds is 7. The number of ether oxygens (including phenoxy) is 2. The molecule has 0 amide bonds. The fourth-order valence-electron chi connectivity index (χ4n) is 5.22. The summed E-state index contributed by atoms with van der Waals surface area (Å²) in [6, 6.07) is 23.9. The van der Waals surface area contributed by atoms with E-state index in [4.69, 9.17) is 9.47 Å². The normalized spacial score (nSPS) is 17.8. The molecule has 1 aliphatic rings. The van der Waals surface area contributed by atoms with Gasteiger partial charge < -0.3 is 19.9 Å². The average molecular weight is 486 g/mol. The molecule has 0 fully saturated rings. The van der Waals surface area contributed by atoms with E-state index >= 15 is 0 Å². The number of hydrogen-bond donors (Lipinski definition) is 2. The minimum atomic E-state index is -1.02. The van der Waals surface area contributed by atoms with Crippen LogP contribution in [0.2, 0.25) is 0 Å². The van der Waals surface area contributed by atoms with Crippen molar-refractivity contribution in [2.75, 3.05) is 13.7 Å². The van der Waals surface area contributed by atoms with Gasteiger partial charge in [0.15, 0.2) is 0 Å². The lowest BCUT2D eigenvalue weighted by molar-refractivity contribution is 0.0693. The van der Waals surface area contributed by atoms with E-state index in [2.05, 4.69) is 12.2 Å². The molecule has 1 aliphatic heterocycles. The summed E-state index contributed by atoms with van der Waals surface area (Å²) in [7, 11) is 1.50. The molecule has 5 rings (SSSR count). The van der Waals surface area contributed by atoms with E-state index < -0.39 is 5.97 Å². The van der Waals surface area contributed by atoms with E-state index in [9.17, 15) is 14.3 Å². The van der Waals surface area contributed by atoms with E-state index in [0.29, 0.717) is 24.1 Å². The van der Waals surface area contributed by atoms with E-state index in [1.165, 1.54) is 13.2 Å². The molecule has 0 saturated heterocycles. The number of nitrogens with one attached hydrogen (secondary N) is 1. The fourth-order valence-corrected chi connectivity index (χ4v) is 5.22. The highest BCUT2D eigenvalue weighted by Gasteiger charge is 2.32. The molecule has 1 heterocycles. The molecule has 0 bridgehead atoms. The molecule has 3 atom stereocenters. The Morgan fingerprint density at radius 2 is 1.75 bits per heavy atom. The molecule has 0 spiro atoms. The standard InChI is InChI=1S/C30H28FNO4/c1-18(20-14-15-27(31)22-9-4-3-8-21(20)22)32-17-19-16-26(23-10-5-6-13-28(23)36-19)24-11-7-12-25(30(33)34)29(24)35-2/h3-15,18-19,26,32H,16-17H2,1-2H3,(H,33,34). The number of fused-ring (bicyclic) bond motifs is 2. The van der Waals surface area contributed by atoms with Crippen LogP contribution in [0.4, 0.5) is 4.39 Å². The number of benzene rings is 4. The zero-order chi connectivity index (χ0) is 25.2. The largest absolute Gasteiger partial charge is 0.496 e. The van der Waals surface area contributed by atoms with Gasteiger partial charge in [0.2, 0.25) is 0 Å². The van der Waals surface area contributed by atoms with Crippen molar-refractivity contribution in [1.82, 2.24) is 5.32 Å². The molecule has 184 valence electrons. The minimum absolute atomic E-state index is 0.0282. The predicted molar refractivity (Wildman–Crippen MR) is 138 cm³/mol. The van der Waals surface area contributed by atoms with Crippen LogP contribution in [0.1, 0.15) is 52.4 Å². The number of halogens is 1. The SMILES string of the molecule is COc1c(C(=O)O)cccc1C1CC(CNC(C)c2ccc(F)c3ccccc23)Oc2ccccc21. The number of aromatic carboxylic acids is 1. The molecule has 5 nitrogen and oxygen atoms in total. The highest BCUT2D eigenvalue weighted by molar-refractivity contribution is 5.91. The third-order valence-electron chi connectivity index (χ3n) is 6.96. The van der Waals surface area contributed by atoms with Gasteiger partial charge in [0.05, 0.1) is 7.11 Å². The first-order valence-corrected chi connectivity index (χ1v) is 12.0. The molecule has 0 aliphatic carbocycles. The highest BCUT2D eigenvalue weighted by atomic mass is 19.1. The summed E-state index contributed by atoms with van der Waals surface area (Å²) in [5, 5.41) is 14.7. The van der Waals surface area contributed by atoms with Crippen LogP contribution in [-0.2, 0) is 0 Å². The van der Waals surface area contributed by atoms with Crippen molar-refractivity contribution in [3.63, 3.8) is 0 Å². The number of para-hydroxylation sites is 2. The smallest absolute Gasteiger partial charge is 0.339 e. The molecule has 4 aromatic rings. The lowest BCUT2D eigenvalue weighted by atomic mass is 9.83. The Bertz CT molecular complexity index is 1420. The molecule has 0 saturated carbocycles. The molecular formula is C30H28FNO4. The van der Waals surface area contributed by atoms with Crippen LogP contribution in [0.3, 0.4) is 0 Å². The van der Waals surface area contributed by atoms with Gasteiger partial charge in [0, 0.05) is 35.0 Å². The van der Waals surface area contributed by atoms with Gasteiger partial charge in [-0.3, -0.25) is 0 Å². The van der Waals surface area contributed by atoms with Crippen molar-refractivity contribution in [2.24, 2.45) is 0 Å². The van der Waals surface area contributed by atoms with Crippen LogP contribution in [0.5, 0.6) is 11.5 Å². The van der Waals surface area contributed by atoms with Crippen molar-refractivity contribution < 1.29 is 23.8 Å². The summed E-state index contributed by atoms with van der Waals surface area (Å²) >= 11 is 0. The van der Waals surface area contributed by atoms with Gasteiger partial charge in [-0.05, 0) is 42.5 Å². The summed E-state index contributed by atoms with van der Waals surface area (Å²) in [5.74, 6) is -0.174. The predicted octanol–water partition coefficient (Wildman–Crippen LogP) is 6.32. The summed E-state index contributed by atoms with van der Waals surface area (Å²) < 4.78 is 26.2. The molecule has 36 heavy (non-hydrogen) atoms.